The molecule has 1 aromatic heterocycles. The van der Waals surface area contributed by atoms with E-state index in [9.17, 15) is 19.5 Å². The van der Waals surface area contributed by atoms with E-state index in [1.54, 1.807) is 48.5 Å². The van der Waals surface area contributed by atoms with Crippen LogP contribution >= 0.6 is 11.3 Å². The third kappa shape index (κ3) is 5.08. The molecule has 8 nitrogen and oxygen atoms in total. The Morgan fingerprint density at radius 3 is 2.27 bits per heavy atom. The van der Waals surface area contributed by atoms with Crippen molar-refractivity contribution in [3.05, 3.63) is 81.6 Å². The van der Waals surface area contributed by atoms with Gasteiger partial charge in [0.2, 0.25) is 0 Å². The maximum absolute atomic E-state index is 13.3. The number of ketones is 1. The average molecular weight is 522 g/mol. The fraction of sp³-hybridized carbons (Fsp3) is 0.250. The van der Waals surface area contributed by atoms with E-state index in [1.807, 2.05) is 25.3 Å². The third-order valence-corrected chi connectivity index (χ3v) is 6.77. The highest BCUT2D eigenvalue weighted by molar-refractivity contribution is 7.10. The van der Waals surface area contributed by atoms with E-state index in [1.165, 1.54) is 30.5 Å². The van der Waals surface area contributed by atoms with Crippen LogP contribution in [0.4, 0.5) is 5.69 Å². The number of anilines is 1. The van der Waals surface area contributed by atoms with E-state index in [2.05, 4.69) is 0 Å². The molecule has 3 aromatic rings. The van der Waals surface area contributed by atoms with E-state index in [-0.39, 0.29) is 17.3 Å². The number of amides is 1. The minimum atomic E-state index is -0.855. The Morgan fingerprint density at radius 2 is 1.68 bits per heavy atom. The average Bonchev–Trinajstić information content (AvgIpc) is 3.53. The first-order valence-corrected chi connectivity index (χ1v) is 12.5. The van der Waals surface area contributed by atoms with Crippen molar-refractivity contribution in [1.29, 1.82) is 0 Å². The molecule has 9 heteroatoms. The zero-order chi connectivity index (χ0) is 26.7. The molecule has 1 atom stereocenters. The van der Waals surface area contributed by atoms with Gasteiger partial charge in [-0.3, -0.25) is 14.5 Å². The van der Waals surface area contributed by atoms with Gasteiger partial charge in [0, 0.05) is 16.1 Å². The van der Waals surface area contributed by atoms with Crippen molar-refractivity contribution in [2.75, 3.05) is 25.7 Å². The summed E-state index contributed by atoms with van der Waals surface area (Å²) in [5, 5.41) is 13.1. The van der Waals surface area contributed by atoms with Crippen molar-refractivity contribution >= 4 is 40.4 Å². The SMILES string of the molecule is COc1ccc(/C(O)=C2/C(=O)C(=O)N(c3ccc(C(=O)OCC(C)C)cc3)C2c2cccs2)cc1OC. The number of hydrogen-bond donors (Lipinski definition) is 1. The summed E-state index contributed by atoms with van der Waals surface area (Å²) in [7, 11) is 2.96. The molecule has 1 unspecified atom stereocenters. The standard InChI is InChI=1S/C28H27NO7S/c1-16(2)15-36-28(33)17-7-10-19(11-8-17)29-24(22-6-5-13-37-22)23(26(31)27(29)32)25(30)18-9-12-20(34-3)21(14-18)35-4/h5-14,16,24,30H,15H2,1-4H3/b25-23-. The summed E-state index contributed by atoms with van der Waals surface area (Å²) < 4.78 is 15.9. The first-order valence-electron chi connectivity index (χ1n) is 11.6. The summed E-state index contributed by atoms with van der Waals surface area (Å²) in [4.78, 5) is 40.9. The highest BCUT2D eigenvalue weighted by Crippen LogP contribution is 2.44. The van der Waals surface area contributed by atoms with Crippen LogP contribution in [0.15, 0.2) is 65.6 Å². The first kappa shape index (κ1) is 26.0. The molecule has 1 N–H and O–H groups in total. The van der Waals surface area contributed by atoms with Crippen LogP contribution in [0.25, 0.3) is 5.76 Å². The molecule has 0 saturated carbocycles. The maximum atomic E-state index is 13.3. The van der Waals surface area contributed by atoms with Gasteiger partial charge in [0.05, 0.1) is 32.0 Å². The van der Waals surface area contributed by atoms with Crippen molar-refractivity contribution in [2.24, 2.45) is 5.92 Å². The van der Waals surface area contributed by atoms with Crippen LogP contribution in [0.1, 0.15) is 40.7 Å². The number of benzene rings is 2. The number of carbonyl (C=O) groups excluding carboxylic acids is 3. The van der Waals surface area contributed by atoms with Crippen LogP contribution < -0.4 is 14.4 Å². The van der Waals surface area contributed by atoms with Crippen LogP contribution in [0.2, 0.25) is 0 Å². The number of methoxy groups -OCH3 is 2. The molecule has 4 rings (SSSR count). The minimum Gasteiger partial charge on any atom is -0.507 e. The minimum absolute atomic E-state index is 0.0416. The van der Waals surface area contributed by atoms with Crippen molar-refractivity contribution < 1.29 is 33.7 Å². The van der Waals surface area contributed by atoms with Crippen molar-refractivity contribution in [3.8, 4) is 11.5 Å². The number of Topliss-reactive ketones (excluding diaryl/α,β-unsaturated/α-hetero) is 1. The number of carbonyl (C=O) groups is 3. The second-order valence-electron chi connectivity index (χ2n) is 8.79. The molecule has 37 heavy (non-hydrogen) atoms. The number of ether oxygens (including phenoxy) is 3. The molecular weight excluding hydrogens is 494 g/mol. The zero-order valence-corrected chi connectivity index (χ0v) is 21.7. The Labute approximate surface area is 218 Å². The molecule has 1 aliphatic rings. The summed E-state index contributed by atoms with van der Waals surface area (Å²) in [6, 6.07) is 13.8. The first-order chi connectivity index (χ1) is 17.8. The Hall–Kier alpha value is -4.11. The van der Waals surface area contributed by atoms with E-state index >= 15 is 0 Å². The molecule has 1 saturated heterocycles. The highest BCUT2D eigenvalue weighted by atomic mass is 32.1. The van der Waals surface area contributed by atoms with E-state index < -0.39 is 23.7 Å². The lowest BCUT2D eigenvalue weighted by Gasteiger charge is -2.24. The van der Waals surface area contributed by atoms with E-state index in [4.69, 9.17) is 14.2 Å². The lowest BCUT2D eigenvalue weighted by molar-refractivity contribution is -0.132. The quantitative estimate of drug-likeness (QED) is 0.188. The lowest BCUT2D eigenvalue weighted by Crippen LogP contribution is -2.29. The smallest absolute Gasteiger partial charge is 0.338 e. The van der Waals surface area contributed by atoms with Gasteiger partial charge in [0.1, 0.15) is 11.8 Å². The Morgan fingerprint density at radius 1 is 1.00 bits per heavy atom. The normalized spacial score (nSPS) is 16.8. The van der Waals surface area contributed by atoms with E-state index in [0.29, 0.717) is 39.8 Å². The van der Waals surface area contributed by atoms with Gasteiger partial charge in [-0.2, -0.15) is 0 Å². The molecule has 192 valence electrons. The number of rotatable bonds is 8. The summed E-state index contributed by atoms with van der Waals surface area (Å²) in [6.07, 6.45) is 0. The Kier molecular flexibility index (Phi) is 7.63. The predicted molar refractivity (Wildman–Crippen MR) is 140 cm³/mol. The largest absolute Gasteiger partial charge is 0.507 e. The Balaban J connectivity index is 1.77. The number of hydrogen-bond acceptors (Lipinski definition) is 8. The fourth-order valence-corrected chi connectivity index (χ4v) is 4.86. The fourth-order valence-electron chi connectivity index (χ4n) is 4.04. The van der Waals surface area contributed by atoms with Crippen LogP contribution in [0, 0.1) is 5.92 Å². The molecule has 0 radical (unpaired) electrons. The molecule has 0 aliphatic carbocycles. The highest BCUT2D eigenvalue weighted by Gasteiger charge is 2.47. The van der Waals surface area contributed by atoms with Gasteiger partial charge in [-0.25, -0.2) is 4.79 Å². The van der Waals surface area contributed by atoms with Crippen molar-refractivity contribution in [2.45, 2.75) is 19.9 Å². The summed E-state index contributed by atoms with van der Waals surface area (Å²) in [5.41, 5.74) is 1.01. The lowest BCUT2D eigenvalue weighted by atomic mass is 9.99. The summed E-state index contributed by atoms with van der Waals surface area (Å²) in [6.45, 7) is 4.18. The molecule has 1 amide bonds. The zero-order valence-electron chi connectivity index (χ0n) is 20.9. The number of nitrogens with zero attached hydrogens (tertiary/aromatic N) is 1. The van der Waals surface area contributed by atoms with Gasteiger partial charge >= 0.3 is 5.97 Å². The topological polar surface area (TPSA) is 102 Å². The van der Waals surface area contributed by atoms with Gasteiger partial charge < -0.3 is 19.3 Å². The van der Waals surface area contributed by atoms with Crippen LogP contribution in [-0.2, 0) is 14.3 Å². The van der Waals surface area contributed by atoms with E-state index in [0.717, 1.165) is 0 Å². The van der Waals surface area contributed by atoms with Crippen molar-refractivity contribution in [1.82, 2.24) is 0 Å². The molecular formula is C28H27NO7S. The van der Waals surface area contributed by atoms with Gasteiger partial charge in [-0.15, -0.1) is 11.3 Å². The maximum Gasteiger partial charge on any atom is 0.338 e. The van der Waals surface area contributed by atoms with Gasteiger partial charge in [-0.1, -0.05) is 19.9 Å². The van der Waals surface area contributed by atoms with Gasteiger partial charge in [0.25, 0.3) is 11.7 Å². The van der Waals surface area contributed by atoms with Gasteiger partial charge in [-0.05, 0) is 59.8 Å². The van der Waals surface area contributed by atoms with Crippen LogP contribution in [0.3, 0.4) is 0 Å². The summed E-state index contributed by atoms with van der Waals surface area (Å²) in [5.74, 6) is -1.36. The monoisotopic (exact) mass is 521 g/mol. The molecule has 0 bridgehead atoms. The number of aliphatic hydroxyl groups is 1. The summed E-state index contributed by atoms with van der Waals surface area (Å²) >= 11 is 1.36. The third-order valence-electron chi connectivity index (χ3n) is 5.84. The molecule has 0 spiro atoms. The van der Waals surface area contributed by atoms with Crippen molar-refractivity contribution in [3.63, 3.8) is 0 Å². The van der Waals surface area contributed by atoms with Crippen LogP contribution in [-0.4, -0.2) is 43.6 Å². The predicted octanol–water partition coefficient (Wildman–Crippen LogP) is 5.20. The number of esters is 1. The van der Waals surface area contributed by atoms with Crippen LogP contribution in [0.5, 0.6) is 11.5 Å². The number of thiophene rings is 1. The molecule has 2 heterocycles. The Bertz CT molecular complexity index is 1340. The molecule has 2 aromatic carbocycles. The van der Waals surface area contributed by atoms with Gasteiger partial charge in [0.15, 0.2) is 11.5 Å². The molecule has 1 fully saturated rings. The number of aliphatic hydroxyl groups excluding tert-OH is 1. The second-order valence-corrected chi connectivity index (χ2v) is 9.77. The molecule has 1 aliphatic heterocycles. The second kappa shape index (κ2) is 10.9.